The fraction of sp³-hybridized carbons (Fsp3) is 0.444. The number of fused-ring (bicyclic) bond motifs is 1. The summed E-state index contributed by atoms with van der Waals surface area (Å²) in [5.41, 5.74) is 5.58. The fourth-order valence-electron chi connectivity index (χ4n) is 3.01. The molecule has 2 aliphatic rings. The lowest BCUT2D eigenvalue weighted by molar-refractivity contribution is -0.152. The van der Waals surface area contributed by atoms with Gasteiger partial charge in [-0.05, 0) is 31.0 Å². The van der Waals surface area contributed by atoms with Gasteiger partial charge in [-0.3, -0.25) is 19.2 Å². The fourth-order valence-corrected chi connectivity index (χ4v) is 3.01. The number of piperidine rings is 1. The van der Waals surface area contributed by atoms with Gasteiger partial charge in [0.2, 0.25) is 12.7 Å². The molecule has 28 heavy (non-hydrogen) atoms. The second-order valence-electron chi connectivity index (χ2n) is 6.49. The van der Waals surface area contributed by atoms with Crippen molar-refractivity contribution in [1.29, 1.82) is 0 Å². The first-order valence-corrected chi connectivity index (χ1v) is 8.84. The summed E-state index contributed by atoms with van der Waals surface area (Å²) < 4.78 is 15.3. The summed E-state index contributed by atoms with van der Waals surface area (Å²) in [5.74, 6) is -1.45. The maximum absolute atomic E-state index is 12.1. The molecule has 1 aromatic carbocycles. The van der Waals surface area contributed by atoms with Gasteiger partial charge in [-0.1, -0.05) is 0 Å². The van der Waals surface area contributed by atoms with Crippen LogP contribution in [0.15, 0.2) is 18.2 Å². The lowest BCUT2D eigenvalue weighted by Crippen LogP contribution is -2.45. The lowest BCUT2D eigenvalue weighted by Gasteiger charge is -2.31. The summed E-state index contributed by atoms with van der Waals surface area (Å²) in [6, 6.07) is 4.66. The van der Waals surface area contributed by atoms with Crippen LogP contribution in [0.2, 0.25) is 0 Å². The molecule has 0 aliphatic carbocycles. The van der Waals surface area contributed by atoms with Crippen LogP contribution < -0.4 is 20.5 Å². The molecular weight excluding hydrogens is 370 g/mol. The van der Waals surface area contributed by atoms with E-state index in [1.807, 2.05) is 0 Å². The van der Waals surface area contributed by atoms with Crippen LogP contribution in [0, 0.1) is 5.92 Å². The van der Waals surface area contributed by atoms with E-state index >= 15 is 0 Å². The van der Waals surface area contributed by atoms with E-state index in [0.29, 0.717) is 36.4 Å². The molecule has 10 nitrogen and oxygen atoms in total. The minimum atomic E-state index is -0.745. The predicted molar refractivity (Wildman–Crippen MR) is 94.4 cm³/mol. The second kappa shape index (κ2) is 8.59. The summed E-state index contributed by atoms with van der Waals surface area (Å²) in [6.45, 7) is -0.0276. The highest BCUT2D eigenvalue weighted by Crippen LogP contribution is 2.32. The van der Waals surface area contributed by atoms with Crippen LogP contribution in [-0.2, 0) is 19.1 Å². The molecule has 1 atom stereocenters. The standard InChI is InChI=1S/C18H21N3O7/c19-17(24)12-2-1-5-21(8-12)15(22)9-26-16(23)7-20-18(25)11-3-4-13-14(6-11)28-10-27-13/h3-4,6,12H,1-2,5,7-10H2,(H2,19,24)(H,20,25)/t12-/m0/s1. The van der Waals surface area contributed by atoms with Gasteiger partial charge < -0.3 is 30.2 Å². The number of rotatable bonds is 6. The number of benzene rings is 1. The third kappa shape index (κ3) is 4.70. The summed E-state index contributed by atoms with van der Waals surface area (Å²) in [4.78, 5) is 48.7. The summed E-state index contributed by atoms with van der Waals surface area (Å²) >= 11 is 0. The third-order valence-electron chi connectivity index (χ3n) is 4.56. The Morgan fingerprint density at radius 2 is 2.00 bits per heavy atom. The quantitative estimate of drug-likeness (QED) is 0.619. The Labute approximate surface area is 160 Å². The van der Waals surface area contributed by atoms with Gasteiger partial charge in [-0.25, -0.2) is 0 Å². The van der Waals surface area contributed by atoms with Crippen LogP contribution >= 0.6 is 0 Å². The Hall–Kier alpha value is -3.30. The van der Waals surface area contributed by atoms with Crippen molar-refractivity contribution < 1.29 is 33.4 Å². The van der Waals surface area contributed by atoms with E-state index in [0.717, 1.165) is 0 Å². The molecule has 0 saturated carbocycles. The van der Waals surface area contributed by atoms with Gasteiger partial charge in [0.15, 0.2) is 18.1 Å². The van der Waals surface area contributed by atoms with Crippen LogP contribution in [-0.4, -0.2) is 61.6 Å². The number of ether oxygens (including phenoxy) is 3. The molecule has 0 radical (unpaired) electrons. The van der Waals surface area contributed by atoms with Gasteiger partial charge >= 0.3 is 5.97 Å². The zero-order valence-electron chi connectivity index (χ0n) is 15.1. The predicted octanol–water partition coefficient (Wildman–Crippen LogP) is -0.588. The molecule has 1 aromatic rings. The minimum Gasteiger partial charge on any atom is -0.454 e. The Kier molecular flexibility index (Phi) is 5.97. The number of amides is 3. The second-order valence-corrected chi connectivity index (χ2v) is 6.49. The number of likely N-dealkylation sites (tertiary alicyclic amines) is 1. The molecule has 1 saturated heterocycles. The number of carbonyl (C=O) groups is 4. The summed E-state index contributed by atoms with van der Waals surface area (Å²) in [5, 5.41) is 2.42. The van der Waals surface area contributed by atoms with E-state index < -0.39 is 30.3 Å². The lowest BCUT2D eigenvalue weighted by atomic mass is 9.97. The number of hydrogen-bond acceptors (Lipinski definition) is 7. The van der Waals surface area contributed by atoms with Gasteiger partial charge in [0.1, 0.15) is 6.54 Å². The molecule has 0 bridgehead atoms. The number of carbonyl (C=O) groups excluding carboxylic acids is 4. The summed E-state index contributed by atoms with van der Waals surface area (Å²) in [7, 11) is 0. The number of esters is 1. The van der Waals surface area contributed by atoms with Crippen molar-refractivity contribution in [2.75, 3.05) is 33.0 Å². The maximum Gasteiger partial charge on any atom is 0.325 e. The van der Waals surface area contributed by atoms with Gasteiger partial charge in [0, 0.05) is 18.7 Å². The molecule has 150 valence electrons. The molecule has 0 aromatic heterocycles. The number of nitrogens with two attached hydrogens (primary N) is 1. The van der Waals surface area contributed by atoms with Crippen LogP contribution in [0.5, 0.6) is 11.5 Å². The zero-order valence-corrected chi connectivity index (χ0v) is 15.1. The Bertz CT molecular complexity index is 795. The topological polar surface area (TPSA) is 137 Å². The molecule has 3 amide bonds. The third-order valence-corrected chi connectivity index (χ3v) is 4.56. The number of primary amides is 1. The molecule has 2 aliphatic heterocycles. The van der Waals surface area contributed by atoms with E-state index in [4.69, 9.17) is 19.9 Å². The smallest absolute Gasteiger partial charge is 0.325 e. The highest BCUT2D eigenvalue weighted by Gasteiger charge is 2.27. The largest absolute Gasteiger partial charge is 0.454 e. The highest BCUT2D eigenvalue weighted by atomic mass is 16.7. The van der Waals surface area contributed by atoms with E-state index in [1.54, 1.807) is 12.1 Å². The molecule has 10 heteroatoms. The Morgan fingerprint density at radius 3 is 2.79 bits per heavy atom. The van der Waals surface area contributed by atoms with Crippen LogP contribution in [0.25, 0.3) is 0 Å². The van der Waals surface area contributed by atoms with Crippen molar-refractivity contribution in [3.63, 3.8) is 0 Å². The van der Waals surface area contributed by atoms with Crippen molar-refractivity contribution >= 4 is 23.7 Å². The first-order chi connectivity index (χ1) is 13.4. The van der Waals surface area contributed by atoms with Gasteiger partial charge in [-0.2, -0.15) is 0 Å². The number of nitrogens with zero attached hydrogens (tertiary/aromatic N) is 1. The van der Waals surface area contributed by atoms with E-state index in [-0.39, 0.29) is 25.8 Å². The molecule has 3 rings (SSSR count). The average Bonchev–Trinajstić information content (AvgIpc) is 3.18. The highest BCUT2D eigenvalue weighted by molar-refractivity contribution is 5.96. The monoisotopic (exact) mass is 391 g/mol. The van der Waals surface area contributed by atoms with E-state index in [9.17, 15) is 19.2 Å². The van der Waals surface area contributed by atoms with Gasteiger partial charge in [0.25, 0.3) is 11.8 Å². The zero-order chi connectivity index (χ0) is 20.1. The SMILES string of the molecule is NC(=O)[C@H]1CCCN(C(=O)COC(=O)CNC(=O)c2ccc3c(c2)OCO3)C1. The normalized spacial score (nSPS) is 17.7. The average molecular weight is 391 g/mol. The summed E-state index contributed by atoms with van der Waals surface area (Å²) in [6.07, 6.45) is 1.31. The molecule has 1 fully saturated rings. The first-order valence-electron chi connectivity index (χ1n) is 8.84. The molecular formula is C18H21N3O7. The molecule has 3 N–H and O–H groups in total. The van der Waals surface area contributed by atoms with Crippen molar-refractivity contribution in [1.82, 2.24) is 10.2 Å². The van der Waals surface area contributed by atoms with E-state index in [2.05, 4.69) is 5.32 Å². The molecule has 0 unspecified atom stereocenters. The van der Waals surface area contributed by atoms with Crippen molar-refractivity contribution in [3.8, 4) is 11.5 Å². The Morgan fingerprint density at radius 1 is 1.21 bits per heavy atom. The van der Waals surface area contributed by atoms with E-state index in [1.165, 1.54) is 11.0 Å². The van der Waals surface area contributed by atoms with Gasteiger partial charge in [0.05, 0.1) is 5.92 Å². The van der Waals surface area contributed by atoms with Gasteiger partial charge in [-0.15, -0.1) is 0 Å². The molecule has 0 spiro atoms. The van der Waals surface area contributed by atoms with Crippen molar-refractivity contribution in [2.45, 2.75) is 12.8 Å². The van der Waals surface area contributed by atoms with Crippen LogP contribution in [0.4, 0.5) is 0 Å². The van der Waals surface area contributed by atoms with Crippen molar-refractivity contribution in [2.24, 2.45) is 11.7 Å². The van der Waals surface area contributed by atoms with Crippen LogP contribution in [0.1, 0.15) is 23.2 Å². The maximum atomic E-state index is 12.1. The first kappa shape index (κ1) is 19.5. The Balaban J connectivity index is 1.41. The van der Waals surface area contributed by atoms with Crippen molar-refractivity contribution in [3.05, 3.63) is 23.8 Å². The molecule has 2 heterocycles. The number of nitrogens with one attached hydrogen (secondary N) is 1. The van der Waals surface area contributed by atoms with Crippen LogP contribution in [0.3, 0.4) is 0 Å². The number of hydrogen-bond donors (Lipinski definition) is 2. The minimum absolute atomic E-state index is 0.0952.